The highest BCUT2D eigenvalue weighted by Gasteiger charge is 2.45. The smallest absolute Gasteiger partial charge is 0.322 e. The molecule has 0 aromatic heterocycles. The number of sulfonamides is 1. The second-order valence-corrected chi connectivity index (χ2v) is 7.04. The number of aliphatic carboxylic acids is 1. The first-order chi connectivity index (χ1) is 10.3. The van der Waals surface area contributed by atoms with Crippen LogP contribution in [0.25, 0.3) is 0 Å². The third kappa shape index (κ3) is 2.97. The zero-order chi connectivity index (χ0) is 16.5. The Labute approximate surface area is 128 Å². The number of hydrogen-bond donors (Lipinski definition) is 1. The molecule has 2 atom stereocenters. The Morgan fingerprint density at radius 3 is 2.32 bits per heavy atom. The summed E-state index contributed by atoms with van der Waals surface area (Å²) in [5.41, 5.74) is 0. The maximum absolute atomic E-state index is 12.6. The number of ketones is 1. The second kappa shape index (κ2) is 6.05. The lowest BCUT2D eigenvalue weighted by molar-refractivity contribution is -0.140. The lowest BCUT2D eigenvalue weighted by Gasteiger charge is -2.21. The number of hydrogen-bond acceptors (Lipinski definition) is 5. The summed E-state index contributed by atoms with van der Waals surface area (Å²) in [6, 6.07) is 4.46. The molecule has 1 aromatic rings. The van der Waals surface area contributed by atoms with Crippen LogP contribution in [0.15, 0.2) is 29.2 Å². The van der Waals surface area contributed by atoms with Gasteiger partial charge < -0.3 is 9.84 Å². The topological polar surface area (TPSA) is 101 Å². The molecule has 1 aliphatic rings. The van der Waals surface area contributed by atoms with Gasteiger partial charge in [-0.25, -0.2) is 8.42 Å². The predicted octanol–water partition coefficient (Wildman–Crippen LogP) is 0.748. The lowest BCUT2D eigenvalue weighted by Crippen LogP contribution is -2.40. The molecule has 1 heterocycles. The van der Waals surface area contributed by atoms with Crippen molar-refractivity contribution in [1.29, 1.82) is 0 Å². The summed E-state index contributed by atoms with van der Waals surface area (Å²) in [6.07, 6.45) is 0.0000509. The van der Waals surface area contributed by atoms with Crippen molar-refractivity contribution in [3.8, 4) is 5.75 Å². The molecule has 2 rings (SSSR count). The Bertz CT molecular complexity index is 682. The van der Waals surface area contributed by atoms with Crippen molar-refractivity contribution in [3.63, 3.8) is 0 Å². The summed E-state index contributed by atoms with van der Waals surface area (Å²) in [5, 5.41) is 9.24. The zero-order valence-corrected chi connectivity index (χ0v) is 13.0. The Morgan fingerprint density at radius 1 is 1.27 bits per heavy atom. The van der Waals surface area contributed by atoms with Crippen LogP contribution in [0.4, 0.5) is 0 Å². The summed E-state index contributed by atoms with van der Waals surface area (Å²) in [5.74, 6) is -1.55. The van der Waals surface area contributed by atoms with Gasteiger partial charge in [0.1, 0.15) is 17.6 Å². The van der Waals surface area contributed by atoms with Crippen molar-refractivity contribution in [3.05, 3.63) is 24.3 Å². The number of benzene rings is 1. The van der Waals surface area contributed by atoms with Crippen molar-refractivity contribution in [1.82, 2.24) is 4.31 Å². The van der Waals surface area contributed by atoms with E-state index in [2.05, 4.69) is 0 Å². The van der Waals surface area contributed by atoms with Gasteiger partial charge >= 0.3 is 5.97 Å². The largest absolute Gasteiger partial charge is 0.497 e. The van der Waals surface area contributed by atoms with Crippen LogP contribution in [0.5, 0.6) is 5.75 Å². The fourth-order valence-electron chi connectivity index (χ4n) is 2.47. The molecule has 1 fully saturated rings. The van der Waals surface area contributed by atoms with Gasteiger partial charge in [-0.1, -0.05) is 0 Å². The molecule has 1 aromatic carbocycles. The predicted molar refractivity (Wildman–Crippen MR) is 77.1 cm³/mol. The Balaban J connectivity index is 2.37. The highest BCUT2D eigenvalue weighted by atomic mass is 32.2. The van der Waals surface area contributed by atoms with E-state index in [1.165, 1.54) is 38.3 Å². The molecule has 7 nitrogen and oxygen atoms in total. The van der Waals surface area contributed by atoms with Crippen LogP contribution in [0.1, 0.15) is 13.3 Å². The first kappa shape index (κ1) is 16.4. The molecule has 1 aliphatic heterocycles. The fraction of sp³-hybridized carbons (Fsp3) is 0.429. The van der Waals surface area contributed by atoms with Crippen molar-refractivity contribution >= 4 is 21.8 Å². The first-order valence-corrected chi connectivity index (χ1v) is 8.10. The van der Waals surface area contributed by atoms with Gasteiger partial charge in [-0.05, 0) is 37.6 Å². The van der Waals surface area contributed by atoms with Crippen LogP contribution in [-0.4, -0.2) is 49.3 Å². The Morgan fingerprint density at radius 2 is 1.86 bits per heavy atom. The number of nitrogens with zero attached hydrogens (tertiary/aromatic N) is 1. The number of carboxylic acids is 1. The molecule has 0 bridgehead atoms. The van der Waals surface area contributed by atoms with E-state index < -0.39 is 28.0 Å². The molecular weight excluding hydrogens is 310 g/mol. The maximum atomic E-state index is 12.6. The Hall–Kier alpha value is -1.93. The second-order valence-electron chi connectivity index (χ2n) is 5.15. The van der Waals surface area contributed by atoms with Gasteiger partial charge in [-0.15, -0.1) is 0 Å². The molecule has 22 heavy (non-hydrogen) atoms. The van der Waals surface area contributed by atoms with Crippen LogP contribution in [0, 0.1) is 5.92 Å². The maximum Gasteiger partial charge on any atom is 0.322 e. The average Bonchev–Trinajstić information content (AvgIpc) is 2.93. The molecule has 120 valence electrons. The fourth-order valence-corrected chi connectivity index (χ4v) is 4.11. The number of Topliss-reactive ketones (excluding diaryl/α,β-unsaturated/α-hetero) is 1. The number of methoxy groups -OCH3 is 1. The normalized spacial score (nSPS) is 22.5. The third-order valence-corrected chi connectivity index (χ3v) is 5.67. The van der Waals surface area contributed by atoms with Gasteiger partial charge in [0.25, 0.3) is 0 Å². The minimum atomic E-state index is -3.98. The number of rotatable bonds is 5. The summed E-state index contributed by atoms with van der Waals surface area (Å²) < 4.78 is 31.1. The standard InChI is InChI=1S/C14H17NO6S/c1-9(16)10-7-13(14(17)18)15(8-10)22(19,20)12-5-3-11(21-2)4-6-12/h3-6,10,13H,7-8H2,1-2H3,(H,17,18)/t10?,13-/m0/s1. The zero-order valence-electron chi connectivity index (χ0n) is 12.2. The molecule has 0 radical (unpaired) electrons. The van der Waals surface area contributed by atoms with Gasteiger partial charge in [-0.3, -0.25) is 9.59 Å². The average molecular weight is 327 g/mol. The molecule has 1 N–H and O–H groups in total. The molecule has 1 saturated heterocycles. The van der Waals surface area contributed by atoms with Crippen molar-refractivity contribution in [2.24, 2.45) is 5.92 Å². The van der Waals surface area contributed by atoms with E-state index in [1.807, 2.05) is 0 Å². The molecule has 0 aliphatic carbocycles. The third-order valence-electron chi connectivity index (χ3n) is 3.78. The lowest BCUT2D eigenvalue weighted by atomic mass is 10.0. The van der Waals surface area contributed by atoms with E-state index in [0.29, 0.717) is 5.75 Å². The van der Waals surface area contributed by atoms with Crippen molar-refractivity contribution < 1.29 is 27.9 Å². The number of ether oxygens (including phenoxy) is 1. The number of carboxylic acid groups (broad SMARTS) is 1. The molecule has 8 heteroatoms. The molecule has 0 saturated carbocycles. The number of carbonyl (C=O) groups is 2. The van der Waals surface area contributed by atoms with Crippen molar-refractivity contribution in [2.75, 3.05) is 13.7 Å². The van der Waals surface area contributed by atoms with Crippen LogP contribution < -0.4 is 4.74 Å². The minimum absolute atomic E-state index is 0.0000509. The molecule has 0 amide bonds. The van der Waals surface area contributed by atoms with Gasteiger partial charge in [0.15, 0.2) is 0 Å². The van der Waals surface area contributed by atoms with Crippen LogP contribution in [0.3, 0.4) is 0 Å². The SMILES string of the molecule is COc1ccc(S(=O)(=O)N2CC(C(C)=O)C[C@H]2C(=O)O)cc1. The van der Waals surface area contributed by atoms with Gasteiger partial charge in [0, 0.05) is 12.5 Å². The summed E-state index contributed by atoms with van der Waals surface area (Å²) >= 11 is 0. The number of carbonyl (C=O) groups excluding carboxylic acids is 1. The highest BCUT2D eigenvalue weighted by Crippen LogP contribution is 2.31. The van der Waals surface area contributed by atoms with Crippen LogP contribution in [-0.2, 0) is 19.6 Å². The minimum Gasteiger partial charge on any atom is -0.497 e. The van der Waals surface area contributed by atoms with E-state index in [-0.39, 0.29) is 23.6 Å². The van der Waals surface area contributed by atoms with E-state index in [9.17, 15) is 23.1 Å². The quantitative estimate of drug-likeness (QED) is 0.856. The monoisotopic (exact) mass is 327 g/mol. The van der Waals surface area contributed by atoms with E-state index in [4.69, 9.17) is 4.74 Å². The highest BCUT2D eigenvalue weighted by molar-refractivity contribution is 7.89. The van der Waals surface area contributed by atoms with Gasteiger partial charge in [0.2, 0.25) is 10.0 Å². The first-order valence-electron chi connectivity index (χ1n) is 6.66. The Kier molecular flexibility index (Phi) is 4.52. The summed E-state index contributed by atoms with van der Waals surface area (Å²) in [6.45, 7) is 1.23. The summed E-state index contributed by atoms with van der Waals surface area (Å²) in [4.78, 5) is 22.8. The van der Waals surface area contributed by atoms with Crippen LogP contribution >= 0.6 is 0 Å². The molecule has 0 spiro atoms. The van der Waals surface area contributed by atoms with Crippen LogP contribution in [0.2, 0.25) is 0 Å². The van der Waals surface area contributed by atoms with Gasteiger partial charge in [-0.2, -0.15) is 4.31 Å². The van der Waals surface area contributed by atoms with E-state index in [0.717, 1.165) is 4.31 Å². The van der Waals surface area contributed by atoms with Gasteiger partial charge in [0.05, 0.1) is 12.0 Å². The molecule has 1 unspecified atom stereocenters. The van der Waals surface area contributed by atoms with E-state index >= 15 is 0 Å². The summed E-state index contributed by atoms with van der Waals surface area (Å²) in [7, 11) is -2.52. The van der Waals surface area contributed by atoms with Crippen molar-refractivity contribution in [2.45, 2.75) is 24.3 Å². The van der Waals surface area contributed by atoms with E-state index in [1.54, 1.807) is 0 Å². The molecular formula is C14H17NO6S.